The first-order valence-electron chi connectivity index (χ1n) is 5.74. The van der Waals surface area contributed by atoms with Crippen molar-refractivity contribution >= 4 is 17.3 Å². The van der Waals surface area contributed by atoms with Crippen molar-refractivity contribution in [2.45, 2.75) is 25.8 Å². The fraction of sp³-hybridized carbons (Fsp3) is 0.417. The van der Waals surface area contributed by atoms with Crippen molar-refractivity contribution in [2.24, 2.45) is 0 Å². The fourth-order valence-corrected chi connectivity index (χ4v) is 1.59. The Hall–Kier alpha value is -2.31. The van der Waals surface area contributed by atoms with E-state index >= 15 is 0 Å². The van der Waals surface area contributed by atoms with Gasteiger partial charge in [0.25, 0.3) is 5.69 Å². The minimum Gasteiger partial charge on any atom is -0.496 e. The van der Waals surface area contributed by atoms with Crippen LogP contribution in [0, 0.1) is 10.1 Å². The summed E-state index contributed by atoms with van der Waals surface area (Å²) in [6, 6.07) is 4.24. The first-order chi connectivity index (χ1) is 8.92. The number of ether oxygens (including phenoxy) is 1. The Labute approximate surface area is 110 Å². The predicted molar refractivity (Wildman–Crippen MR) is 69.6 cm³/mol. The van der Waals surface area contributed by atoms with E-state index in [0.29, 0.717) is 17.9 Å². The topological polar surface area (TPSA) is 102 Å². The van der Waals surface area contributed by atoms with E-state index in [-0.39, 0.29) is 18.2 Å². The van der Waals surface area contributed by atoms with Gasteiger partial charge in [-0.25, -0.2) is 0 Å². The first kappa shape index (κ1) is 14.7. The summed E-state index contributed by atoms with van der Waals surface area (Å²) in [6.45, 7) is 1.81. The summed E-state index contributed by atoms with van der Waals surface area (Å²) in [5, 5.41) is 22.4. The molecule has 0 spiro atoms. The maximum absolute atomic E-state index is 10.8. The van der Waals surface area contributed by atoms with Gasteiger partial charge in [-0.15, -0.1) is 0 Å². The van der Waals surface area contributed by atoms with Crippen LogP contribution in [0.1, 0.15) is 19.8 Å². The lowest BCUT2D eigenvalue weighted by atomic mass is 10.1. The smallest absolute Gasteiger partial charge is 0.303 e. The van der Waals surface area contributed by atoms with Gasteiger partial charge in [0.2, 0.25) is 0 Å². The number of nitrogens with zero attached hydrogens (tertiary/aromatic N) is 1. The molecule has 0 heterocycles. The van der Waals surface area contributed by atoms with Gasteiger partial charge < -0.3 is 15.2 Å². The highest BCUT2D eigenvalue weighted by molar-refractivity contribution is 5.66. The zero-order chi connectivity index (χ0) is 14.4. The molecule has 0 aromatic heterocycles. The Morgan fingerprint density at radius 3 is 2.74 bits per heavy atom. The summed E-state index contributed by atoms with van der Waals surface area (Å²) in [7, 11) is 1.43. The largest absolute Gasteiger partial charge is 0.496 e. The molecule has 0 aliphatic carbocycles. The van der Waals surface area contributed by atoms with Crippen molar-refractivity contribution in [2.75, 3.05) is 12.4 Å². The number of hydrogen-bond donors (Lipinski definition) is 2. The number of carboxylic acids is 1. The molecule has 0 fully saturated rings. The van der Waals surface area contributed by atoms with Crippen LogP contribution in [0.3, 0.4) is 0 Å². The molecule has 0 radical (unpaired) electrons. The normalized spacial score (nSPS) is 11.7. The van der Waals surface area contributed by atoms with Crippen LogP contribution in [0.5, 0.6) is 5.75 Å². The zero-order valence-electron chi connectivity index (χ0n) is 10.8. The molecule has 104 valence electrons. The minimum absolute atomic E-state index is 0.0419. The highest BCUT2D eigenvalue weighted by Crippen LogP contribution is 2.26. The average Bonchev–Trinajstić information content (AvgIpc) is 2.35. The second kappa shape index (κ2) is 6.58. The van der Waals surface area contributed by atoms with Crippen LogP contribution < -0.4 is 10.1 Å². The Morgan fingerprint density at radius 1 is 1.53 bits per heavy atom. The number of non-ortho nitro benzene ring substituents is 1. The van der Waals surface area contributed by atoms with Gasteiger partial charge in [-0.3, -0.25) is 14.9 Å². The molecule has 7 nitrogen and oxygen atoms in total. The highest BCUT2D eigenvalue weighted by atomic mass is 16.6. The van der Waals surface area contributed by atoms with Crippen LogP contribution in [0.25, 0.3) is 0 Å². The number of nitro benzene ring substituents is 1. The van der Waals surface area contributed by atoms with Crippen LogP contribution in [0.15, 0.2) is 18.2 Å². The molecule has 1 rings (SSSR count). The highest BCUT2D eigenvalue weighted by Gasteiger charge is 2.12. The average molecular weight is 268 g/mol. The Balaban J connectivity index is 2.79. The van der Waals surface area contributed by atoms with Gasteiger partial charge in [0.15, 0.2) is 0 Å². The number of methoxy groups -OCH3 is 1. The molecule has 0 aliphatic rings. The molecule has 19 heavy (non-hydrogen) atoms. The Bertz CT molecular complexity index is 475. The maximum atomic E-state index is 10.8. The van der Waals surface area contributed by atoms with E-state index < -0.39 is 10.9 Å². The van der Waals surface area contributed by atoms with Gasteiger partial charge in [-0.05, 0) is 13.3 Å². The summed E-state index contributed by atoms with van der Waals surface area (Å²) in [6.07, 6.45) is 0.473. The summed E-state index contributed by atoms with van der Waals surface area (Å²) in [4.78, 5) is 20.7. The van der Waals surface area contributed by atoms with Crippen molar-refractivity contribution in [1.82, 2.24) is 0 Å². The van der Waals surface area contributed by atoms with E-state index in [2.05, 4.69) is 5.32 Å². The van der Waals surface area contributed by atoms with E-state index in [1.54, 1.807) is 6.07 Å². The molecule has 0 saturated heterocycles. The molecular formula is C12H16N2O5. The SMILES string of the molecule is COc1cc(NC(C)CCC(=O)O)cc([N+](=O)[O-])c1. The van der Waals surface area contributed by atoms with E-state index in [9.17, 15) is 14.9 Å². The Kier molecular flexibility index (Phi) is 5.11. The van der Waals surface area contributed by atoms with Gasteiger partial charge in [-0.2, -0.15) is 0 Å². The first-order valence-corrected chi connectivity index (χ1v) is 5.74. The fourth-order valence-electron chi connectivity index (χ4n) is 1.59. The number of benzene rings is 1. The number of rotatable bonds is 7. The summed E-state index contributed by atoms with van der Waals surface area (Å²) >= 11 is 0. The maximum Gasteiger partial charge on any atom is 0.303 e. The van der Waals surface area contributed by atoms with Crippen LogP contribution in [-0.4, -0.2) is 29.2 Å². The molecule has 0 saturated carbocycles. The van der Waals surface area contributed by atoms with Gasteiger partial charge in [0, 0.05) is 30.3 Å². The molecule has 1 atom stereocenters. The second-order valence-electron chi connectivity index (χ2n) is 4.15. The monoisotopic (exact) mass is 268 g/mol. The lowest BCUT2D eigenvalue weighted by Gasteiger charge is -2.14. The zero-order valence-corrected chi connectivity index (χ0v) is 10.8. The van der Waals surface area contributed by atoms with Crippen molar-refractivity contribution in [3.05, 3.63) is 28.3 Å². The molecule has 1 unspecified atom stereocenters. The number of hydrogen-bond acceptors (Lipinski definition) is 5. The van der Waals surface area contributed by atoms with E-state index in [0.717, 1.165) is 0 Å². The molecule has 1 aromatic rings. The Morgan fingerprint density at radius 2 is 2.21 bits per heavy atom. The number of carboxylic acid groups (broad SMARTS) is 1. The molecule has 7 heteroatoms. The third-order valence-corrected chi connectivity index (χ3v) is 2.54. The number of carbonyl (C=O) groups is 1. The van der Waals surface area contributed by atoms with E-state index in [4.69, 9.17) is 9.84 Å². The second-order valence-corrected chi connectivity index (χ2v) is 4.15. The van der Waals surface area contributed by atoms with Gasteiger partial charge >= 0.3 is 5.97 Å². The van der Waals surface area contributed by atoms with Crippen LogP contribution in [0.4, 0.5) is 11.4 Å². The predicted octanol–water partition coefficient (Wildman–Crippen LogP) is 2.27. The van der Waals surface area contributed by atoms with Crippen LogP contribution in [-0.2, 0) is 4.79 Å². The summed E-state index contributed by atoms with van der Waals surface area (Å²) in [5.41, 5.74) is 0.455. The van der Waals surface area contributed by atoms with Gasteiger partial charge in [-0.1, -0.05) is 0 Å². The third-order valence-electron chi connectivity index (χ3n) is 2.54. The molecule has 0 bridgehead atoms. The van der Waals surface area contributed by atoms with Gasteiger partial charge in [0.05, 0.1) is 18.1 Å². The van der Waals surface area contributed by atoms with Crippen molar-refractivity contribution in [3.8, 4) is 5.75 Å². The van der Waals surface area contributed by atoms with Crippen LogP contribution >= 0.6 is 0 Å². The van der Waals surface area contributed by atoms with Crippen LogP contribution in [0.2, 0.25) is 0 Å². The molecular weight excluding hydrogens is 252 g/mol. The lowest BCUT2D eigenvalue weighted by molar-refractivity contribution is -0.384. The molecule has 0 amide bonds. The van der Waals surface area contributed by atoms with E-state index in [1.807, 2.05) is 6.92 Å². The minimum atomic E-state index is -0.870. The standard InChI is InChI=1S/C12H16N2O5/c1-8(3-4-12(15)16)13-9-5-10(14(17)18)7-11(6-9)19-2/h5-8,13H,3-4H2,1-2H3,(H,15,16). The summed E-state index contributed by atoms with van der Waals surface area (Å²) < 4.78 is 4.99. The number of aliphatic carboxylic acids is 1. The van der Waals surface area contributed by atoms with E-state index in [1.165, 1.54) is 19.2 Å². The van der Waals surface area contributed by atoms with Crippen molar-refractivity contribution in [1.29, 1.82) is 0 Å². The molecule has 2 N–H and O–H groups in total. The lowest BCUT2D eigenvalue weighted by Crippen LogP contribution is -2.16. The molecule has 1 aromatic carbocycles. The number of nitro groups is 1. The summed E-state index contributed by atoms with van der Waals surface area (Å²) in [5.74, 6) is -0.493. The quantitative estimate of drug-likeness (QED) is 0.581. The van der Waals surface area contributed by atoms with Crippen molar-refractivity contribution < 1.29 is 19.6 Å². The third kappa shape index (κ3) is 4.82. The number of nitrogens with one attached hydrogen (secondary N) is 1. The molecule has 0 aliphatic heterocycles. The number of anilines is 1. The van der Waals surface area contributed by atoms with Gasteiger partial charge in [0.1, 0.15) is 5.75 Å². The van der Waals surface area contributed by atoms with Crippen molar-refractivity contribution in [3.63, 3.8) is 0 Å².